The molecule has 0 unspecified atom stereocenters. The number of aromatic nitrogens is 2. The maximum atomic E-state index is 12.9. The molecule has 0 spiro atoms. The standard InChI is InChI=1S/C20H18ClN3O4/c1-12-17(20(26)24(23(12)2)14-6-4-3-5-7-14)22-19(25)13-10-15(21)18-16(11-13)27-8-9-28-18/h3-7,10-11H,8-9H2,1-2H3,(H,22,25). The van der Waals surface area contributed by atoms with Gasteiger partial charge in [-0.05, 0) is 31.2 Å². The van der Waals surface area contributed by atoms with Gasteiger partial charge in [-0.3, -0.25) is 14.3 Å². The molecule has 0 radical (unpaired) electrons. The van der Waals surface area contributed by atoms with E-state index in [2.05, 4.69) is 5.32 Å². The van der Waals surface area contributed by atoms with Crippen molar-refractivity contribution in [2.45, 2.75) is 6.92 Å². The molecule has 0 atom stereocenters. The van der Waals surface area contributed by atoms with E-state index in [0.29, 0.717) is 36.1 Å². The third-order valence-electron chi connectivity index (χ3n) is 4.65. The van der Waals surface area contributed by atoms with E-state index < -0.39 is 5.91 Å². The quantitative estimate of drug-likeness (QED) is 0.734. The van der Waals surface area contributed by atoms with E-state index in [1.807, 2.05) is 30.3 Å². The number of nitrogens with zero attached hydrogens (tertiary/aromatic N) is 2. The second kappa shape index (κ2) is 7.09. The molecule has 1 amide bonds. The van der Waals surface area contributed by atoms with Crippen molar-refractivity contribution in [2.75, 3.05) is 18.5 Å². The zero-order chi connectivity index (χ0) is 19.8. The minimum absolute atomic E-state index is 0.211. The maximum Gasteiger partial charge on any atom is 0.295 e. The first-order valence-electron chi connectivity index (χ1n) is 8.72. The van der Waals surface area contributed by atoms with E-state index in [-0.39, 0.29) is 21.8 Å². The minimum atomic E-state index is -0.454. The van der Waals surface area contributed by atoms with E-state index in [4.69, 9.17) is 21.1 Å². The van der Waals surface area contributed by atoms with Crippen LogP contribution in [0.2, 0.25) is 5.02 Å². The fourth-order valence-corrected chi connectivity index (χ4v) is 3.41. The molecule has 28 heavy (non-hydrogen) atoms. The summed E-state index contributed by atoms with van der Waals surface area (Å²) < 4.78 is 14.2. The largest absolute Gasteiger partial charge is 0.486 e. The molecule has 4 rings (SSSR count). The van der Waals surface area contributed by atoms with Gasteiger partial charge in [0.05, 0.1) is 16.4 Å². The Labute approximate surface area is 166 Å². The number of carbonyl (C=O) groups is 1. The summed E-state index contributed by atoms with van der Waals surface area (Å²) >= 11 is 6.21. The number of anilines is 1. The Morgan fingerprint density at radius 1 is 1.14 bits per heavy atom. The van der Waals surface area contributed by atoms with Gasteiger partial charge in [0.2, 0.25) is 0 Å². The van der Waals surface area contributed by atoms with E-state index in [1.54, 1.807) is 24.7 Å². The summed E-state index contributed by atoms with van der Waals surface area (Å²) in [5, 5.41) is 3.00. The zero-order valence-corrected chi connectivity index (χ0v) is 16.1. The van der Waals surface area contributed by atoms with Crippen LogP contribution < -0.4 is 20.3 Å². The molecule has 1 aliphatic rings. The number of ether oxygens (including phenoxy) is 2. The number of hydrogen-bond donors (Lipinski definition) is 1. The number of para-hydroxylation sites is 1. The highest BCUT2D eigenvalue weighted by Crippen LogP contribution is 2.38. The molecular formula is C20H18ClN3O4. The highest BCUT2D eigenvalue weighted by atomic mass is 35.5. The lowest BCUT2D eigenvalue weighted by molar-refractivity contribution is 0.102. The van der Waals surface area contributed by atoms with Crippen LogP contribution in [0.5, 0.6) is 11.5 Å². The van der Waals surface area contributed by atoms with Crippen LogP contribution >= 0.6 is 11.6 Å². The fourth-order valence-electron chi connectivity index (χ4n) is 3.14. The molecule has 0 fully saturated rings. The molecule has 1 aromatic heterocycles. The predicted molar refractivity (Wildman–Crippen MR) is 106 cm³/mol. The average molecular weight is 400 g/mol. The molecule has 3 aromatic rings. The number of hydrogen-bond acceptors (Lipinski definition) is 4. The fraction of sp³-hybridized carbons (Fsp3) is 0.200. The molecule has 7 nitrogen and oxygen atoms in total. The van der Waals surface area contributed by atoms with Gasteiger partial charge in [-0.1, -0.05) is 29.8 Å². The number of fused-ring (bicyclic) bond motifs is 1. The summed E-state index contributed by atoms with van der Waals surface area (Å²) in [6, 6.07) is 12.3. The van der Waals surface area contributed by atoms with E-state index >= 15 is 0 Å². The van der Waals surface area contributed by atoms with Crippen molar-refractivity contribution in [3.05, 3.63) is 69.1 Å². The lowest BCUT2D eigenvalue weighted by Gasteiger charge is -2.20. The van der Waals surface area contributed by atoms with Crippen LogP contribution in [0.15, 0.2) is 47.3 Å². The lowest BCUT2D eigenvalue weighted by atomic mass is 10.1. The van der Waals surface area contributed by atoms with Crippen LogP contribution in [0, 0.1) is 6.92 Å². The molecule has 1 aliphatic heterocycles. The van der Waals surface area contributed by atoms with Gasteiger partial charge in [0.15, 0.2) is 11.5 Å². The molecule has 0 bridgehead atoms. The Morgan fingerprint density at radius 2 is 1.86 bits per heavy atom. The van der Waals surface area contributed by atoms with Crippen LogP contribution in [0.25, 0.3) is 5.69 Å². The van der Waals surface area contributed by atoms with E-state index in [0.717, 1.165) is 0 Å². The number of benzene rings is 2. The van der Waals surface area contributed by atoms with Crippen molar-refractivity contribution in [1.29, 1.82) is 0 Å². The first-order chi connectivity index (χ1) is 13.5. The highest BCUT2D eigenvalue weighted by Gasteiger charge is 2.22. The summed E-state index contributed by atoms with van der Waals surface area (Å²) in [4.78, 5) is 25.7. The minimum Gasteiger partial charge on any atom is -0.486 e. The average Bonchev–Trinajstić information content (AvgIpc) is 2.92. The third-order valence-corrected chi connectivity index (χ3v) is 4.93. The van der Waals surface area contributed by atoms with Gasteiger partial charge in [-0.15, -0.1) is 0 Å². The molecule has 0 aliphatic carbocycles. The number of halogens is 1. The highest BCUT2D eigenvalue weighted by molar-refractivity contribution is 6.32. The van der Waals surface area contributed by atoms with Crippen molar-refractivity contribution < 1.29 is 14.3 Å². The number of rotatable bonds is 3. The van der Waals surface area contributed by atoms with Gasteiger partial charge >= 0.3 is 0 Å². The molecule has 1 N–H and O–H groups in total. The number of nitrogens with one attached hydrogen (secondary N) is 1. The Kier molecular flexibility index (Phi) is 4.60. The molecule has 2 aromatic carbocycles. The van der Waals surface area contributed by atoms with Crippen LogP contribution in [0.1, 0.15) is 16.1 Å². The first-order valence-corrected chi connectivity index (χ1v) is 9.09. The smallest absolute Gasteiger partial charge is 0.295 e. The predicted octanol–water partition coefficient (Wildman–Crippen LogP) is 3.16. The second-order valence-electron chi connectivity index (χ2n) is 6.37. The van der Waals surface area contributed by atoms with Crippen molar-refractivity contribution in [3.8, 4) is 17.2 Å². The SMILES string of the molecule is Cc1c(NC(=O)c2cc(Cl)c3c(c2)OCCO3)c(=O)n(-c2ccccc2)n1C. The van der Waals surface area contributed by atoms with Crippen molar-refractivity contribution in [1.82, 2.24) is 9.36 Å². The summed E-state index contributed by atoms with van der Waals surface area (Å²) in [5.74, 6) is 0.382. The van der Waals surface area contributed by atoms with Crippen molar-refractivity contribution in [2.24, 2.45) is 7.05 Å². The van der Waals surface area contributed by atoms with Gasteiger partial charge in [0.1, 0.15) is 18.9 Å². The summed E-state index contributed by atoms with van der Waals surface area (Å²) in [6.45, 7) is 2.56. The topological polar surface area (TPSA) is 74.5 Å². The normalized spacial score (nSPS) is 12.7. The van der Waals surface area contributed by atoms with Gasteiger partial charge in [-0.2, -0.15) is 0 Å². The monoisotopic (exact) mass is 399 g/mol. The zero-order valence-electron chi connectivity index (χ0n) is 15.4. The van der Waals surface area contributed by atoms with Gasteiger partial charge in [0.25, 0.3) is 11.5 Å². The number of amides is 1. The molecule has 0 saturated heterocycles. The van der Waals surface area contributed by atoms with E-state index in [9.17, 15) is 9.59 Å². The molecular weight excluding hydrogens is 382 g/mol. The third kappa shape index (κ3) is 3.03. The Balaban J connectivity index is 1.70. The second-order valence-corrected chi connectivity index (χ2v) is 6.78. The van der Waals surface area contributed by atoms with Crippen LogP contribution in [-0.2, 0) is 7.05 Å². The number of carbonyl (C=O) groups excluding carboxylic acids is 1. The maximum absolute atomic E-state index is 12.9. The molecule has 2 heterocycles. The van der Waals surface area contributed by atoms with Crippen LogP contribution in [0.3, 0.4) is 0 Å². The first kappa shape index (κ1) is 18.2. The van der Waals surface area contributed by atoms with Gasteiger partial charge in [-0.25, -0.2) is 4.68 Å². The van der Waals surface area contributed by atoms with Crippen molar-refractivity contribution in [3.63, 3.8) is 0 Å². The molecule has 144 valence electrons. The Bertz CT molecular complexity index is 1120. The van der Waals surface area contributed by atoms with Gasteiger partial charge < -0.3 is 14.8 Å². The van der Waals surface area contributed by atoms with Crippen LogP contribution in [-0.4, -0.2) is 28.5 Å². The molecule has 0 saturated carbocycles. The van der Waals surface area contributed by atoms with Crippen LogP contribution in [0.4, 0.5) is 5.69 Å². The molecule has 8 heteroatoms. The van der Waals surface area contributed by atoms with E-state index in [1.165, 1.54) is 10.7 Å². The Hall–Kier alpha value is -3.19. The Morgan fingerprint density at radius 3 is 2.61 bits per heavy atom. The van der Waals surface area contributed by atoms with Crippen molar-refractivity contribution >= 4 is 23.2 Å². The summed E-state index contributed by atoms with van der Waals surface area (Å²) in [7, 11) is 1.76. The summed E-state index contributed by atoms with van der Waals surface area (Å²) in [6.07, 6.45) is 0. The lowest BCUT2D eigenvalue weighted by Crippen LogP contribution is -2.23. The summed E-state index contributed by atoms with van der Waals surface area (Å²) in [5.41, 5.74) is 1.51. The van der Waals surface area contributed by atoms with Gasteiger partial charge in [0, 0.05) is 12.6 Å².